The van der Waals surface area contributed by atoms with Crippen LogP contribution >= 0.6 is 11.3 Å². The first-order valence-electron chi connectivity index (χ1n) is 10.3. The second-order valence-corrected chi connectivity index (χ2v) is 8.50. The molecule has 2 aromatic rings. The maximum absolute atomic E-state index is 12.3. The van der Waals surface area contributed by atoms with Crippen molar-refractivity contribution in [3.05, 3.63) is 46.8 Å². The van der Waals surface area contributed by atoms with Crippen molar-refractivity contribution >= 4 is 35.1 Å². The molecule has 9 nitrogen and oxygen atoms in total. The van der Waals surface area contributed by atoms with E-state index in [-0.39, 0.29) is 30.4 Å². The van der Waals surface area contributed by atoms with Gasteiger partial charge in [-0.05, 0) is 40.2 Å². The molecule has 0 unspecified atom stereocenters. The van der Waals surface area contributed by atoms with Gasteiger partial charge in [-0.25, -0.2) is 14.6 Å². The number of hydrogen-bond acceptors (Lipinski definition) is 6. The minimum atomic E-state index is -1.03. The van der Waals surface area contributed by atoms with Gasteiger partial charge in [-0.2, -0.15) is 0 Å². The molecule has 1 heterocycles. The van der Waals surface area contributed by atoms with E-state index in [0.29, 0.717) is 5.82 Å². The predicted molar refractivity (Wildman–Crippen MR) is 127 cm³/mol. The molecule has 176 valence electrons. The zero-order valence-electron chi connectivity index (χ0n) is 19.1. The lowest BCUT2D eigenvalue weighted by atomic mass is 10.1. The number of urea groups is 1. The Balaban J connectivity index is 0.000000389. The Morgan fingerprint density at radius 1 is 1.09 bits per heavy atom. The molecule has 2 atom stereocenters. The van der Waals surface area contributed by atoms with Crippen LogP contribution < -0.4 is 16.4 Å². The minimum absolute atomic E-state index is 0.0103. The van der Waals surface area contributed by atoms with Gasteiger partial charge in [0.15, 0.2) is 0 Å². The molecule has 10 heteroatoms. The van der Waals surface area contributed by atoms with Gasteiger partial charge in [0.2, 0.25) is 5.91 Å². The van der Waals surface area contributed by atoms with E-state index in [4.69, 9.17) is 5.73 Å². The Morgan fingerprint density at radius 3 is 2.12 bits per heavy atom. The second kappa shape index (κ2) is 13.4. The Bertz CT molecular complexity index is 833. The number of nitrogens with one attached hydrogen (secondary N) is 2. The third kappa shape index (κ3) is 9.44. The SMILES string of the molecule is CC(C)N(C(=O)N[C@@H](Cc1ccccc1)C(=O)O)C(C)C.C[C@H](N)C(=O)Nc1cscn1. The molecule has 0 bridgehead atoms. The summed E-state index contributed by atoms with van der Waals surface area (Å²) in [6.07, 6.45) is 0.270. The number of nitrogens with zero attached hydrogens (tertiary/aromatic N) is 2. The monoisotopic (exact) mass is 463 g/mol. The van der Waals surface area contributed by atoms with E-state index in [2.05, 4.69) is 15.6 Å². The topological polar surface area (TPSA) is 138 Å². The van der Waals surface area contributed by atoms with Crippen molar-refractivity contribution in [1.82, 2.24) is 15.2 Å². The number of rotatable bonds is 8. The van der Waals surface area contributed by atoms with Gasteiger partial charge < -0.3 is 26.4 Å². The van der Waals surface area contributed by atoms with E-state index >= 15 is 0 Å². The number of carboxylic acids is 1. The number of nitrogens with two attached hydrogens (primary N) is 1. The van der Waals surface area contributed by atoms with E-state index in [9.17, 15) is 19.5 Å². The first-order chi connectivity index (χ1) is 15.0. The summed E-state index contributed by atoms with van der Waals surface area (Å²) in [5.74, 6) is -0.673. The van der Waals surface area contributed by atoms with E-state index in [1.54, 1.807) is 22.7 Å². The number of anilines is 1. The van der Waals surface area contributed by atoms with E-state index in [1.165, 1.54) is 11.3 Å². The number of carbonyl (C=O) groups excluding carboxylic acids is 2. The van der Waals surface area contributed by atoms with Crippen molar-refractivity contribution in [2.45, 2.75) is 65.2 Å². The summed E-state index contributed by atoms with van der Waals surface area (Å²) in [5.41, 5.74) is 7.85. The number of amides is 3. The van der Waals surface area contributed by atoms with Crippen molar-refractivity contribution in [1.29, 1.82) is 0 Å². The van der Waals surface area contributed by atoms with Gasteiger partial charge in [-0.3, -0.25) is 4.79 Å². The van der Waals surface area contributed by atoms with Crippen LogP contribution in [-0.4, -0.2) is 57.1 Å². The highest BCUT2D eigenvalue weighted by molar-refractivity contribution is 7.07. The largest absolute Gasteiger partial charge is 0.480 e. The Labute approximate surface area is 193 Å². The first-order valence-corrected chi connectivity index (χ1v) is 11.3. The van der Waals surface area contributed by atoms with Crippen LogP contribution in [0.25, 0.3) is 0 Å². The third-order valence-electron chi connectivity index (χ3n) is 4.32. The molecule has 0 saturated carbocycles. The summed E-state index contributed by atoms with van der Waals surface area (Å²) in [6, 6.07) is 7.54. The molecule has 2 rings (SSSR count). The zero-order chi connectivity index (χ0) is 24.3. The quantitative estimate of drug-likeness (QED) is 0.475. The first kappa shape index (κ1) is 27.1. The van der Waals surface area contributed by atoms with E-state index in [1.807, 2.05) is 58.0 Å². The zero-order valence-corrected chi connectivity index (χ0v) is 19.9. The molecule has 0 spiro atoms. The van der Waals surface area contributed by atoms with Crippen LogP contribution in [0.2, 0.25) is 0 Å². The lowest BCUT2D eigenvalue weighted by Gasteiger charge is -2.32. The standard InChI is InChI=1S/C16H24N2O3.C6H9N3OS/c1-11(2)18(12(3)4)16(21)17-14(15(19)20)10-13-8-6-5-7-9-13;1-4(7)6(10)9-5-2-11-3-8-5/h5-9,11-12,14H,10H2,1-4H3,(H,17,21)(H,19,20);2-4H,7H2,1H3,(H,9,10)/t14-;4-/m00/s1. The van der Waals surface area contributed by atoms with Crippen molar-refractivity contribution in [2.75, 3.05) is 5.32 Å². The fourth-order valence-electron chi connectivity index (χ4n) is 2.85. The maximum atomic E-state index is 12.3. The molecule has 0 aliphatic rings. The fraction of sp³-hybridized carbons (Fsp3) is 0.455. The summed E-state index contributed by atoms with van der Waals surface area (Å²) in [7, 11) is 0. The summed E-state index contributed by atoms with van der Waals surface area (Å²) in [6.45, 7) is 9.26. The second-order valence-electron chi connectivity index (χ2n) is 7.78. The fourth-order valence-corrected chi connectivity index (χ4v) is 3.34. The number of carboxylic acid groups (broad SMARTS) is 1. The number of carbonyl (C=O) groups is 3. The minimum Gasteiger partial charge on any atom is -0.480 e. The number of aliphatic carboxylic acids is 1. The summed E-state index contributed by atoms with van der Waals surface area (Å²) < 4.78 is 0. The average Bonchev–Trinajstić information content (AvgIpc) is 3.21. The molecule has 1 aromatic heterocycles. The van der Waals surface area contributed by atoms with Crippen LogP contribution in [0, 0.1) is 0 Å². The van der Waals surface area contributed by atoms with Gasteiger partial charge >= 0.3 is 12.0 Å². The molecular formula is C22H33N5O4S. The van der Waals surface area contributed by atoms with Crippen LogP contribution in [0.5, 0.6) is 0 Å². The van der Waals surface area contributed by atoms with Crippen molar-refractivity contribution in [3.8, 4) is 0 Å². The molecular weight excluding hydrogens is 430 g/mol. The lowest BCUT2D eigenvalue weighted by Crippen LogP contribution is -2.53. The Hall–Kier alpha value is -2.98. The van der Waals surface area contributed by atoms with Gasteiger partial charge in [0.1, 0.15) is 11.9 Å². The molecule has 5 N–H and O–H groups in total. The van der Waals surface area contributed by atoms with Crippen molar-refractivity contribution in [2.24, 2.45) is 5.73 Å². The Morgan fingerprint density at radius 2 is 1.69 bits per heavy atom. The number of hydrogen-bond donors (Lipinski definition) is 4. The Kier molecular flexibility index (Phi) is 11.4. The van der Waals surface area contributed by atoms with E-state index < -0.39 is 18.1 Å². The van der Waals surface area contributed by atoms with Crippen LogP contribution in [0.15, 0.2) is 41.2 Å². The highest BCUT2D eigenvalue weighted by Gasteiger charge is 2.26. The summed E-state index contributed by atoms with van der Waals surface area (Å²) in [4.78, 5) is 40.1. The van der Waals surface area contributed by atoms with Crippen LogP contribution in [-0.2, 0) is 16.0 Å². The number of thiazole rings is 1. The molecule has 32 heavy (non-hydrogen) atoms. The number of benzene rings is 1. The van der Waals surface area contributed by atoms with Gasteiger partial charge in [0, 0.05) is 23.9 Å². The molecule has 0 fully saturated rings. The molecule has 0 saturated heterocycles. The number of aromatic nitrogens is 1. The maximum Gasteiger partial charge on any atom is 0.326 e. The van der Waals surface area contributed by atoms with Gasteiger partial charge in [-0.15, -0.1) is 11.3 Å². The van der Waals surface area contributed by atoms with Gasteiger partial charge in [0.25, 0.3) is 0 Å². The summed E-state index contributed by atoms with van der Waals surface area (Å²) >= 11 is 1.43. The highest BCUT2D eigenvalue weighted by atomic mass is 32.1. The normalized spacial score (nSPS) is 12.4. The van der Waals surface area contributed by atoms with Gasteiger partial charge in [-0.1, -0.05) is 30.3 Å². The third-order valence-corrected chi connectivity index (χ3v) is 4.91. The molecule has 0 radical (unpaired) electrons. The smallest absolute Gasteiger partial charge is 0.326 e. The van der Waals surface area contributed by atoms with Crippen LogP contribution in [0.1, 0.15) is 40.2 Å². The van der Waals surface area contributed by atoms with Gasteiger partial charge in [0.05, 0.1) is 11.6 Å². The predicted octanol–water partition coefficient (Wildman–Crippen LogP) is 2.94. The highest BCUT2D eigenvalue weighted by Crippen LogP contribution is 2.08. The average molecular weight is 464 g/mol. The molecule has 0 aliphatic heterocycles. The van der Waals surface area contributed by atoms with Crippen molar-refractivity contribution < 1.29 is 19.5 Å². The van der Waals surface area contributed by atoms with Crippen LogP contribution in [0.3, 0.4) is 0 Å². The van der Waals surface area contributed by atoms with Crippen molar-refractivity contribution in [3.63, 3.8) is 0 Å². The molecule has 1 aromatic carbocycles. The molecule has 3 amide bonds. The summed E-state index contributed by atoms with van der Waals surface area (Å²) in [5, 5.41) is 16.2. The van der Waals surface area contributed by atoms with Crippen LogP contribution in [0.4, 0.5) is 10.6 Å². The molecule has 0 aliphatic carbocycles. The van der Waals surface area contributed by atoms with E-state index in [0.717, 1.165) is 5.56 Å². The lowest BCUT2D eigenvalue weighted by molar-refractivity contribution is -0.139.